The van der Waals surface area contributed by atoms with Crippen molar-refractivity contribution in [3.05, 3.63) is 0 Å². The van der Waals surface area contributed by atoms with Crippen LogP contribution in [0.15, 0.2) is 0 Å². The summed E-state index contributed by atoms with van der Waals surface area (Å²) in [6.45, 7) is 3.47. The standard InChI is InChI=1S/C8H11N3O2/c1-4-8(2)6(12)11(5-9)7(13)10(8)3/h4H2,1-3H3. The smallest absolute Gasteiger partial charge is 0.312 e. The van der Waals surface area contributed by atoms with E-state index in [-0.39, 0.29) is 0 Å². The number of nitrogens with zero attached hydrogens (tertiary/aromatic N) is 3. The molecule has 0 aliphatic carbocycles. The second-order valence-corrected chi connectivity index (χ2v) is 3.21. The molecule has 0 spiro atoms. The first-order chi connectivity index (χ1) is 5.99. The molecule has 0 aromatic rings. The number of imide groups is 1. The van der Waals surface area contributed by atoms with E-state index in [2.05, 4.69) is 0 Å². The highest BCUT2D eigenvalue weighted by molar-refractivity contribution is 6.07. The van der Waals surface area contributed by atoms with E-state index in [1.165, 1.54) is 11.9 Å². The second-order valence-electron chi connectivity index (χ2n) is 3.21. The number of urea groups is 1. The predicted molar refractivity (Wildman–Crippen MR) is 44.3 cm³/mol. The van der Waals surface area contributed by atoms with Crippen LogP contribution < -0.4 is 0 Å². The molecule has 0 aromatic carbocycles. The maximum absolute atomic E-state index is 11.6. The van der Waals surface area contributed by atoms with E-state index in [0.29, 0.717) is 11.3 Å². The van der Waals surface area contributed by atoms with Crippen molar-refractivity contribution in [2.75, 3.05) is 7.05 Å². The Kier molecular flexibility index (Phi) is 2.00. The summed E-state index contributed by atoms with van der Waals surface area (Å²) in [6.07, 6.45) is 2.08. The Morgan fingerprint density at radius 1 is 1.54 bits per heavy atom. The van der Waals surface area contributed by atoms with Crippen LogP contribution in [0, 0.1) is 11.5 Å². The van der Waals surface area contributed by atoms with Crippen molar-refractivity contribution in [3.8, 4) is 6.19 Å². The lowest BCUT2D eigenvalue weighted by Gasteiger charge is -2.26. The van der Waals surface area contributed by atoms with Crippen molar-refractivity contribution in [1.29, 1.82) is 5.26 Å². The Hall–Kier alpha value is -1.57. The number of rotatable bonds is 1. The maximum Gasteiger partial charge on any atom is 0.341 e. The summed E-state index contributed by atoms with van der Waals surface area (Å²) in [6, 6.07) is -0.545. The zero-order valence-corrected chi connectivity index (χ0v) is 7.87. The van der Waals surface area contributed by atoms with Crippen LogP contribution in [0.3, 0.4) is 0 Å². The number of hydrogen-bond acceptors (Lipinski definition) is 3. The topological polar surface area (TPSA) is 64.4 Å². The average Bonchev–Trinajstić information content (AvgIpc) is 2.29. The maximum atomic E-state index is 11.6. The van der Waals surface area contributed by atoms with Gasteiger partial charge in [0, 0.05) is 7.05 Å². The molecule has 1 heterocycles. The lowest BCUT2D eigenvalue weighted by Crippen LogP contribution is -2.44. The minimum atomic E-state index is -0.854. The Morgan fingerprint density at radius 3 is 2.31 bits per heavy atom. The molecule has 0 aromatic heterocycles. The molecule has 5 heteroatoms. The van der Waals surface area contributed by atoms with E-state index >= 15 is 0 Å². The number of amides is 3. The average molecular weight is 181 g/mol. The molecule has 1 saturated heterocycles. The molecule has 3 amide bonds. The zero-order chi connectivity index (χ0) is 10.2. The fraction of sp³-hybridized carbons (Fsp3) is 0.625. The van der Waals surface area contributed by atoms with E-state index < -0.39 is 17.5 Å². The van der Waals surface area contributed by atoms with E-state index in [1.54, 1.807) is 13.1 Å². The third kappa shape index (κ3) is 0.985. The quantitative estimate of drug-likeness (QED) is 0.438. The highest BCUT2D eigenvalue weighted by atomic mass is 16.2. The Balaban J connectivity index is 3.14. The molecule has 1 aliphatic rings. The summed E-state index contributed by atoms with van der Waals surface area (Å²) in [5.41, 5.74) is -0.854. The molecule has 0 radical (unpaired) electrons. The van der Waals surface area contributed by atoms with Gasteiger partial charge >= 0.3 is 6.03 Å². The summed E-state index contributed by atoms with van der Waals surface area (Å²) in [5, 5.41) is 8.56. The van der Waals surface area contributed by atoms with Gasteiger partial charge in [0.25, 0.3) is 5.91 Å². The minimum Gasteiger partial charge on any atom is -0.312 e. The van der Waals surface area contributed by atoms with Crippen LogP contribution in [0.1, 0.15) is 20.3 Å². The van der Waals surface area contributed by atoms with Gasteiger partial charge in [-0.05, 0) is 13.3 Å². The molecule has 1 fully saturated rings. The summed E-state index contributed by atoms with van der Waals surface area (Å²) in [4.78, 5) is 24.8. The minimum absolute atomic E-state index is 0.440. The highest BCUT2D eigenvalue weighted by Crippen LogP contribution is 2.28. The van der Waals surface area contributed by atoms with Crippen LogP contribution >= 0.6 is 0 Å². The van der Waals surface area contributed by atoms with Crippen LogP contribution in [-0.2, 0) is 4.79 Å². The largest absolute Gasteiger partial charge is 0.341 e. The van der Waals surface area contributed by atoms with Crippen molar-refractivity contribution in [3.63, 3.8) is 0 Å². The van der Waals surface area contributed by atoms with Crippen LogP contribution in [0.4, 0.5) is 4.79 Å². The van der Waals surface area contributed by atoms with E-state index in [4.69, 9.17) is 5.26 Å². The third-order valence-electron chi connectivity index (χ3n) is 2.67. The van der Waals surface area contributed by atoms with Gasteiger partial charge in [-0.25, -0.2) is 4.79 Å². The summed E-state index contributed by atoms with van der Waals surface area (Å²) < 4.78 is 0. The van der Waals surface area contributed by atoms with Gasteiger partial charge in [-0.1, -0.05) is 6.92 Å². The van der Waals surface area contributed by atoms with Gasteiger partial charge in [0.2, 0.25) is 0 Å². The van der Waals surface area contributed by atoms with Crippen molar-refractivity contribution in [2.45, 2.75) is 25.8 Å². The number of nitriles is 1. The van der Waals surface area contributed by atoms with Crippen LogP contribution in [0.5, 0.6) is 0 Å². The number of likely N-dealkylation sites (N-methyl/N-ethyl adjacent to an activating group) is 1. The molecule has 1 aliphatic heterocycles. The van der Waals surface area contributed by atoms with Gasteiger partial charge in [-0.3, -0.25) is 4.79 Å². The summed E-state index contributed by atoms with van der Waals surface area (Å²) in [7, 11) is 1.53. The third-order valence-corrected chi connectivity index (χ3v) is 2.67. The van der Waals surface area contributed by atoms with E-state index in [9.17, 15) is 9.59 Å². The molecule has 5 nitrogen and oxygen atoms in total. The SMILES string of the molecule is CCC1(C)C(=O)N(C#N)C(=O)N1C. The second kappa shape index (κ2) is 2.73. The Morgan fingerprint density at radius 2 is 2.08 bits per heavy atom. The van der Waals surface area contributed by atoms with Gasteiger partial charge in [-0.15, -0.1) is 0 Å². The zero-order valence-electron chi connectivity index (χ0n) is 7.87. The van der Waals surface area contributed by atoms with Gasteiger partial charge in [0.05, 0.1) is 0 Å². The molecule has 0 N–H and O–H groups in total. The highest BCUT2D eigenvalue weighted by Gasteiger charge is 2.51. The van der Waals surface area contributed by atoms with E-state index in [0.717, 1.165) is 0 Å². The molecule has 1 rings (SSSR count). The number of hydrogen-bond donors (Lipinski definition) is 0. The number of carbonyl (C=O) groups is 2. The van der Waals surface area contributed by atoms with Crippen LogP contribution in [0.25, 0.3) is 0 Å². The molecular weight excluding hydrogens is 170 g/mol. The normalized spacial score (nSPS) is 28.2. The number of carbonyl (C=O) groups excluding carboxylic acids is 2. The molecule has 70 valence electrons. The first kappa shape index (κ1) is 9.52. The summed E-state index contributed by atoms with van der Waals surface area (Å²) in [5.74, 6) is -0.440. The molecule has 1 unspecified atom stereocenters. The molecule has 1 atom stereocenters. The van der Waals surface area contributed by atoms with Crippen LogP contribution in [-0.4, -0.2) is 34.3 Å². The van der Waals surface area contributed by atoms with Gasteiger partial charge in [0.1, 0.15) is 5.54 Å². The first-order valence-corrected chi connectivity index (χ1v) is 4.01. The van der Waals surface area contributed by atoms with Gasteiger partial charge in [-0.2, -0.15) is 10.2 Å². The Bertz CT molecular complexity index is 307. The Labute approximate surface area is 76.5 Å². The van der Waals surface area contributed by atoms with Crippen molar-refractivity contribution in [2.24, 2.45) is 0 Å². The molecule has 0 saturated carbocycles. The van der Waals surface area contributed by atoms with Crippen molar-refractivity contribution in [1.82, 2.24) is 9.80 Å². The van der Waals surface area contributed by atoms with E-state index in [1.807, 2.05) is 6.92 Å². The predicted octanol–water partition coefficient (Wildman–Crippen LogP) is 0.530. The van der Waals surface area contributed by atoms with Gasteiger partial charge < -0.3 is 4.90 Å². The molecule has 13 heavy (non-hydrogen) atoms. The fourth-order valence-corrected chi connectivity index (χ4v) is 1.31. The lowest BCUT2D eigenvalue weighted by molar-refractivity contribution is -0.130. The molecular formula is C8H11N3O2. The molecule has 0 bridgehead atoms. The first-order valence-electron chi connectivity index (χ1n) is 4.01. The van der Waals surface area contributed by atoms with Crippen molar-refractivity contribution >= 4 is 11.9 Å². The van der Waals surface area contributed by atoms with Crippen molar-refractivity contribution < 1.29 is 9.59 Å². The summed E-state index contributed by atoms with van der Waals surface area (Å²) >= 11 is 0. The van der Waals surface area contributed by atoms with Gasteiger partial charge in [0.15, 0.2) is 6.19 Å². The fourth-order valence-electron chi connectivity index (χ4n) is 1.31. The van der Waals surface area contributed by atoms with Crippen LogP contribution in [0.2, 0.25) is 0 Å². The monoisotopic (exact) mass is 181 g/mol. The lowest BCUT2D eigenvalue weighted by atomic mass is 9.98.